The van der Waals surface area contributed by atoms with Crippen LogP contribution in [0.3, 0.4) is 0 Å². The van der Waals surface area contributed by atoms with E-state index in [1.807, 2.05) is 76.2 Å². The summed E-state index contributed by atoms with van der Waals surface area (Å²) in [4.78, 5) is 170. The zero-order chi connectivity index (χ0) is 79.6. The van der Waals surface area contributed by atoms with E-state index in [1.54, 1.807) is 71.0 Å². The van der Waals surface area contributed by atoms with E-state index in [1.165, 1.54) is 45.4 Å². The van der Waals surface area contributed by atoms with Crippen LogP contribution in [0, 0.1) is 35.5 Å². The molecule has 0 aromatic carbocycles. The molecule has 26 nitrogen and oxygen atoms in total. The number of ketones is 2. The molecular weight excluding hydrogens is 1360 g/mol. The zero-order valence-electron chi connectivity index (χ0n) is 67.6. The second kappa shape index (κ2) is 49.4. The van der Waals surface area contributed by atoms with Crippen LogP contribution in [0.1, 0.15) is 220 Å². The summed E-state index contributed by atoms with van der Waals surface area (Å²) in [6.45, 7) is 34.4. The predicted octanol–water partition coefficient (Wildman–Crippen LogP) is 7.26. The molecule has 0 radical (unpaired) electrons. The molecule has 3 heterocycles. The Morgan fingerprint density at radius 2 is 0.932 bits per heavy atom. The molecule has 29 heteroatoms. The number of carbonyl (C=O) groups excluding carboxylic acids is 11. The average molecular weight is 1500 g/mol. The van der Waals surface area contributed by atoms with Crippen LogP contribution in [0.2, 0.25) is 0 Å². The molecule has 9 amide bonds. The number of hydrogen-bond donors (Lipinski definition) is 5. The van der Waals surface area contributed by atoms with Crippen LogP contribution in [-0.2, 0) is 62.2 Å². The van der Waals surface area contributed by atoms with Crippen LogP contribution < -0.4 is 21.3 Å². The third kappa shape index (κ3) is 29.3. The number of piperidine rings is 3. The van der Waals surface area contributed by atoms with Crippen LogP contribution in [0.5, 0.6) is 0 Å². The summed E-state index contributed by atoms with van der Waals surface area (Å²) >= 11 is 4.85. The van der Waals surface area contributed by atoms with Gasteiger partial charge in [0.2, 0.25) is 53.2 Å². The van der Waals surface area contributed by atoms with Gasteiger partial charge in [-0.05, 0) is 135 Å². The van der Waals surface area contributed by atoms with Crippen LogP contribution in [0.15, 0.2) is 0 Å². The summed E-state index contributed by atoms with van der Waals surface area (Å²) < 4.78 is 9.05. The van der Waals surface area contributed by atoms with Crippen molar-refractivity contribution in [1.29, 1.82) is 0 Å². The molecule has 0 aromatic heterocycles. The molecule has 16 unspecified atom stereocenters. The average Bonchev–Trinajstić information content (AvgIpc) is 0.781. The summed E-state index contributed by atoms with van der Waals surface area (Å²) in [7, 11) is 13.2. The number of halogens is 1. The van der Waals surface area contributed by atoms with Crippen molar-refractivity contribution >= 4 is 96.6 Å². The molecular formula is C74H137BClN12O14P. The Balaban J connectivity index is 0.00000166. The molecule has 0 saturated carbocycles. The molecule has 103 heavy (non-hydrogen) atoms. The number of carbonyl (C=O) groups is 12. The number of amides is 9. The van der Waals surface area contributed by atoms with E-state index >= 15 is 0 Å². The van der Waals surface area contributed by atoms with E-state index in [0.29, 0.717) is 84.3 Å². The van der Waals surface area contributed by atoms with Gasteiger partial charge in [0.15, 0.2) is 11.6 Å². The first-order chi connectivity index (χ1) is 48.2. The number of rotatable bonds is 38. The second-order valence-corrected chi connectivity index (χ2v) is 30.9. The van der Waals surface area contributed by atoms with Gasteiger partial charge in [0.05, 0.1) is 30.2 Å². The number of unbranched alkanes of at least 4 members (excludes halogenated alkanes) is 4. The summed E-state index contributed by atoms with van der Waals surface area (Å²) in [5.41, 5.74) is 0. The van der Waals surface area contributed by atoms with Crippen molar-refractivity contribution in [3.63, 3.8) is 0 Å². The number of nitrogens with one attached hydrogen (secondary N) is 4. The van der Waals surface area contributed by atoms with Gasteiger partial charge in [-0.25, -0.2) is 4.79 Å². The topological polar surface area (TPSA) is 316 Å². The van der Waals surface area contributed by atoms with Gasteiger partial charge in [0, 0.05) is 54.9 Å². The van der Waals surface area contributed by atoms with E-state index < -0.39 is 66.4 Å². The maximum absolute atomic E-state index is 14.4. The number of likely N-dealkylation sites (N-methyl/N-ethyl adjacent to an activating group) is 8. The fourth-order valence-electron chi connectivity index (χ4n) is 14.2. The van der Waals surface area contributed by atoms with Gasteiger partial charge in [0.1, 0.15) is 42.3 Å². The molecule has 0 spiro atoms. The van der Waals surface area contributed by atoms with Gasteiger partial charge in [-0.3, -0.25) is 52.7 Å². The fourth-order valence-corrected chi connectivity index (χ4v) is 14.2. The quantitative estimate of drug-likeness (QED) is 0.0231. The first-order valence-corrected chi connectivity index (χ1v) is 39.9. The minimum absolute atomic E-state index is 0.00298. The summed E-state index contributed by atoms with van der Waals surface area (Å²) in [5.74, 6) is -3.07. The molecule has 592 valence electrons. The fraction of sp³-hybridized carbons (Fsp3) is 0.838. The van der Waals surface area contributed by atoms with Crippen molar-refractivity contribution in [3.8, 4) is 0 Å². The van der Waals surface area contributed by atoms with Crippen molar-refractivity contribution in [2.45, 2.75) is 293 Å². The molecule has 3 aliphatic rings. The third-order valence-electron chi connectivity index (χ3n) is 20.3. The Kier molecular flexibility index (Phi) is 46.8. The molecule has 3 rings (SSSR count). The van der Waals surface area contributed by atoms with Crippen molar-refractivity contribution in [3.05, 3.63) is 0 Å². The number of carboxylic acid groups (broad SMARTS) is 1. The van der Waals surface area contributed by atoms with Crippen molar-refractivity contribution in [1.82, 2.24) is 60.5 Å². The second-order valence-electron chi connectivity index (χ2n) is 29.8. The molecule has 0 aromatic rings. The van der Waals surface area contributed by atoms with Gasteiger partial charge in [-0.1, -0.05) is 142 Å². The number of nitrogens with zero attached hydrogens (tertiary/aromatic N) is 8. The summed E-state index contributed by atoms with van der Waals surface area (Å²) in [6, 6.07) is -7.32. The van der Waals surface area contributed by atoms with Gasteiger partial charge >= 0.3 is 36.6 Å². The van der Waals surface area contributed by atoms with Crippen molar-refractivity contribution in [2.24, 2.45) is 35.5 Å². The van der Waals surface area contributed by atoms with E-state index in [9.17, 15) is 57.5 Å². The molecule has 0 bridgehead atoms. The number of likely N-dealkylation sites (tertiary alicyclic amines) is 3. The normalized spacial score (nSPS) is 21.0. The summed E-state index contributed by atoms with van der Waals surface area (Å²) in [5, 5.41) is 20.8. The van der Waals surface area contributed by atoms with Crippen molar-refractivity contribution < 1.29 is 67.3 Å². The number of carboxylic acids is 1. The molecule has 5 N–H and O–H groups in total. The SMILES string of the molecule is CCC(NC)C(=O)N(C)C(CC)C(=O)O.CCCCCC(C(C)=O)N1CC(C)CC(N(C)C(=O)C(C(C)C)N2CC(C)CC(N(C)C(=O)C(CC)N(C)C(=O)C(CC)NC)C2=O)C1=O.CCCCCC(NC(=O)C(CC(C)C)N(C)C(=O)C(C(C)C)N1CC(C)CC(NC)C1=O)C(C)=O.O=BPCl. The Morgan fingerprint density at radius 3 is 1.31 bits per heavy atom. The molecule has 16 atom stereocenters. The Hall–Kier alpha value is -5.50. The molecule has 0 aliphatic carbocycles. The first-order valence-electron chi connectivity index (χ1n) is 37.8. The van der Waals surface area contributed by atoms with Gasteiger partial charge in [-0.2, -0.15) is 0 Å². The molecule has 3 aliphatic heterocycles. The predicted molar refractivity (Wildman–Crippen MR) is 409 cm³/mol. The van der Waals surface area contributed by atoms with E-state index in [2.05, 4.69) is 42.0 Å². The maximum atomic E-state index is 14.4. The van der Waals surface area contributed by atoms with E-state index in [4.69, 9.17) is 21.1 Å². The van der Waals surface area contributed by atoms with Gasteiger partial charge in [-0.15, -0.1) is 0 Å². The third-order valence-corrected chi connectivity index (χ3v) is 20.7. The number of aliphatic carboxylic acids is 1. The Bertz CT molecular complexity index is 2710. The van der Waals surface area contributed by atoms with E-state index in [-0.39, 0.29) is 120 Å². The van der Waals surface area contributed by atoms with Crippen LogP contribution in [0.25, 0.3) is 0 Å². The zero-order valence-corrected chi connectivity index (χ0v) is 69.4. The van der Waals surface area contributed by atoms with Crippen molar-refractivity contribution in [2.75, 3.05) is 76.0 Å². The molecule has 3 saturated heterocycles. The number of hydrogen-bond acceptors (Lipinski definition) is 16. The Labute approximate surface area is 626 Å². The minimum atomic E-state index is -0.959. The number of Topliss-reactive ketones (excluding diaryl/α,β-unsaturated/α-hetero) is 2. The van der Waals surface area contributed by atoms with E-state index in [0.717, 1.165) is 44.9 Å². The monoisotopic (exact) mass is 1490 g/mol. The van der Waals surface area contributed by atoms with Crippen LogP contribution in [0.4, 0.5) is 0 Å². The van der Waals surface area contributed by atoms with Gasteiger partial charge in [0.25, 0.3) is 0 Å². The van der Waals surface area contributed by atoms with Gasteiger partial charge < -0.3 is 65.6 Å². The summed E-state index contributed by atoms with van der Waals surface area (Å²) in [6.07, 6.45) is 11.1. The van der Waals surface area contributed by atoms with Crippen LogP contribution >= 0.6 is 19.1 Å². The van der Waals surface area contributed by atoms with Crippen LogP contribution in [-0.4, -0.2) is 270 Å². The Morgan fingerprint density at radius 1 is 0.534 bits per heavy atom. The molecule has 3 fully saturated rings. The first kappa shape index (κ1) is 97.5. The standard InChI is InChI=1S/C37H66N6O6.C27H50N4O4.C10H20N2O3.BClHOP/c1-13-16-17-18-29(26(8)44)42-21-24(6)19-30(35(42)47)41(12)37(49)32(23(4)5)43-22-25(7)20-31(36(43)48)40(11)34(46)28(15-3)39(10)33(45)27(14-2)38-9;1-10-11-12-13-21(20(7)32)29-25(33)23(14-17(2)3)30(9)27(35)24(18(4)5)31-16-19(6)15-22(28-8)26(31)34;1-5-7(11-3)9(13)12(4)8(6-2)10(14)15;2-4-1-3/h23-25,27-32,38H,13-22H2,1-12H3;17-19,21-24,28H,10-16H2,1-9H3,(H,29,33);7-8,11H,5-6H2,1-4H3,(H,14,15);4H.